The number of aliphatic carboxylic acids is 2. The van der Waals surface area contributed by atoms with Crippen LogP contribution in [0.4, 0.5) is 0 Å². The number of nitrogens with two attached hydrogens (primary N) is 7. The van der Waals surface area contributed by atoms with Gasteiger partial charge in [0, 0.05) is 44.0 Å². The second kappa shape index (κ2) is 52.8. The molecule has 0 unspecified atom stereocenters. The first-order valence-corrected chi connectivity index (χ1v) is 40.0. The van der Waals surface area contributed by atoms with Gasteiger partial charge < -0.3 is 135 Å². The molecule has 1 aliphatic rings. The summed E-state index contributed by atoms with van der Waals surface area (Å²) in [4.78, 5) is 237. The Labute approximate surface area is 682 Å². The summed E-state index contributed by atoms with van der Waals surface area (Å²) < 4.78 is 0. The maximum atomic E-state index is 15.2. The van der Waals surface area contributed by atoms with Crippen molar-refractivity contribution in [2.45, 2.75) is 184 Å². The van der Waals surface area contributed by atoms with E-state index in [1.54, 1.807) is 74.5 Å². The van der Waals surface area contributed by atoms with Crippen LogP contribution >= 0.6 is 21.6 Å². The van der Waals surface area contributed by atoms with E-state index in [0.717, 1.165) is 21.6 Å². The summed E-state index contributed by atoms with van der Waals surface area (Å²) in [6.07, 6.45) is -2.15. The van der Waals surface area contributed by atoms with Gasteiger partial charge in [-0.05, 0) is 68.4 Å². The third kappa shape index (κ3) is 37.7. The number of nitrogens with one attached hydrogen (secondary N) is 14. The summed E-state index contributed by atoms with van der Waals surface area (Å²) in [7, 11) is 1.48. The fourth-order valence-electron chi connectivity index (χ4n) is 10.9. The van der Waals surface area contributed by atoms with Crippen LogP contribution in [0.15, 0.2) is 75.6 Å². The summed E-state index contributed by atoms with van der Waals surface area (Å²) in [5.41, 5.74) is 39.7. The Bertz CT molecular complexity index is 3780. The molecule has 117 heavy (non-hydrogen) atoms. The van der Waals surface area contributed by atoms with Crippen LogP contribution in [-0.4, -0.2) is 269 Å². The molecule has 0 aliphatic carbocycles. The molecule has 1 saturated heterocycles. The largest absolute Gasteiger partial charge is 0.481 e. The van der Waals surface area contributed by atoms with E-state index in [2.05, 4.69) is 89.4 Å². The second-order valence-corrected chi connectivity index (χ2v) is 29.8. The van der Waals surface area contributed by atoms with Crippen molar-refractivity contribution in [2.75, 3.05) is 57.4 Å². The molecule has 0 aromatic heterocycles. The Morgan fingerprint density at radius 1 is 0.504 bits per heavy atom. The smallest absolute Gasteiger partial charge is 0.326 e. The SMILES string of the molecule is CC[C@H](C)[C@@H]1NC(=O)[C@@H](CCCN=C(N)N)NC(=O)CNC(=O)CNC(=O)[C@@H](Cc2ccccc2)NC(=O)[C@H](C)NC(=O)[C@H](NC(=O)[C@H](CO)NC(=O)[C@@H](N)CO)CSSC[C@H](C(=O)N[C@H](Cc2ccccc2)C(=O)N[C@H](CCCN=C(N)N)C(=O)O)NC(=O)[C@@H]([C@@H](C)CC)NC(=O)[C@H](CCCN=C(N)N)NC(=O)[C@@H](CC(=O)O)NC1=O. The van der Waals surface area contributed by atoms with Gasteiger partial charge >= 0.3 is 11.9 Å². The predicted octanol–water partition coefficient (Wildman–Crippen LogP) is -8.94. The number of carboxylic acid groups (broad SMARTS) is 2. The lowest BCUT2D eigenvalue weighted by molar-refractivity contribution is -0.142. The fourth-order valence-corrected chi connectivity index (χ4v) is 13.3. The molecule has 1 aliphatic heterocycles. The Balaban J connectivity index is 2.38. The van der Waals surface area contributed by atoms with Crippen molar-refractivity contribution < 1.29 is 97.1 Å². The highest BCUT2D eigenvalue weighted by molar-refractivity contribution is 8.76. The maximum absolute atomic E-state index is 15.2. The summed E-state index contributed by atoms with van der Waals surface area (Å²) in [6, 6.07) is -5.58. The summed E-state index contributed by atoms with van der Waals surface area (Å²) in [5, 5.41) is 74.6. The lowest BCUT2D eigenvalue weighted by Crippen LogP contribution is -2.62. The Hall–Kier alpha value is -11.6. The topological polar surface area (TPSA) is 742 Å². The Morgan fingerprint density at radius 2 is 0.991 bits per heavy atom. The van der Waals surface area contributed by atoms with E-state index in [1.165, 1.54) is 20.8 Å². The van der Waals surface area contributed by atoms with Crippen LogP contribution in [0.5, 0.6) is 0 Å². The van der Waals surface area contributed by atoms with E-state index in [1.807, 2.05) is 0 Å². The average molecular weight is 1690 g/mol. The molecule has 648 valence electrons. The van der Waals surface area contributed by atoms with Gasteiger partial charge in [-0.3, -0.25) is 86.9 Å². The Morgan fingerprint density at radius 3 is 1.51 bits per heavy atom. The highest BCUT2D eigenvalue weighted by Gasteiger charge is 2.39. The molecule has 1 fully saturated rings. The zero-order valence-electron chi connectivity index (χ0n) is 65.6. The first-order chi connectivity index (χ1) is 55.4. The zero-order chi connectivity index (χ0) is 87.4. The van der Waals surface area contributed by atoms with E-state index >= 15 is 9.59 Å². The maximum Gasteiger partial charge on any atom is 0.326 e. The fraction of sp³-hybridized carbons (Fsp3) is 0.563. The number of guanidine groups is 3. The van der Waals surface area contributed by atoms with Crippen LogP contribution in [0.1, 0.15) is 104 Å². The number of nitrogens with zero attached hydrogens (tertiary/aromatic N) is 3. The molecular formula is C71H112N24O20S2. The second-order valence-electron chi connectivity index (χ2n) is 27.3. The van der Waals surface area contributed by atoms with Gasteiger partial charge in [0.1, 0.15) is 78.5 Å². The highest BCUT2D eigenvalue weighted by atomic mass is 33.1. The van der Waals surface area contributed by atoms with Crippen molar-refractivity contribution in [1.29, 1.82) is 0 Å². The molecule has 1 heterocycles. The molecule has 0 saturated carbocycles. The van der Waals surface area contributed by atoms with Gasteiger partial charge in [0.25, 0.3) is 0 Å². The van der Waals surface area contributed by atoms with Crippen LogP contribution in [0.2, 0.25) is 0 Å². The number of rotatable bonds is 33. The zero-order valence-corrected chi connectivity index (χ0v) is 67.2. The van der Waals surface area contributed by atoms with E-state index < -0.39 is 229 Å². The van der Waals surface area contributed by atoms with Crippen LogP contribution in [-0.2, 0) is 89.6 Å². The van der Waals surface area contributed by atoms with E-state index in [4.69, 9.17) is 40.1 Å². The van der Waals surface area contributed by atoms with Crippen molar-refractivity contribution in [3.05, 3.63) is 71.8 Å². The molecule has 2 aromatic rings. The minimum atomic E-state index is -2.02. The monoisotopic (exact) mass is 1680 g/mol. The number of amides is 14. The molecule has 15 atom stereocenters. The third-order valence-corrected chi connectivity index (χ3v) is 20.4. The summed E-state index contributed by atoms with van der Waals surface area (Å²) in [6.45, 7) is 3.62. The first-order valence-electron chi connectivity index (χ1n) is 37.5. The van der Waals surface area contributed by atoms with Gasteiger partial charge in [0.05, 0.1) is 32.7 Å². The molecule has 32 N–H and O–H groups in total. The van der Waals surface area contributed by atoms with Crippen LogP contribution in [0, 0.1) is 11.8 Å². The average Bonchev–Trinajstić information content (AvgIpc) is 0.848. The number of carbonyl (C=O) groups excluding carboxylic acids is 14. The van der Waals surface area contributed by atoms with E-state index in [0.29, 0.717) is 11.1 Å². The van der Waals surface area contributed by atoms with Crippen LogP contribution in [0.3, 0.4) is 0 Å². The lowest BCUT2D eigenvalue weighted by atomic mass is 9.96. The van der Waals surface area contributed by atoms with Gasteiger partial charge in [-0.25, -0.2) is 4.79 Å². The Kier molecular flexibility index (Phi) is 44.9. The third-order valence-electron chi connectivity index (χ3n) is 18.0. The predicted molar refractivity (Wildman–Crippen MR) is 431 cm³/mol. The van der Waals surface area contributed by atoms with E-state index in [-0.39, 0.29) is 102 Å². The molecule has 0 bridgehead atoms. The lowest BCUT2D eigenvalue weighted by Gasteiger charge is -2.30. The minimum Gasteiger partial charge on any atom is -0.481 e. The van der Waals surface area contributed by atoms with Crippen molar-refractivity contribution in [3.63, 3.8) is 0 Å². The van der Waals surface area contributed by atoms with Crippen molar-refractivity contribution in [3.8, 4) is 0 Å². The van der Waals surface area contributed by atoms with Gasteiger partial charge in [0.15, 0.2) is 17.9 Å². The number of carbonyl (C=O) groups is 16. The van der Waals surface area contributed by atoms with Gasteiger partial charge in [-0.2, -0.15) is 0 Å². The van der Waals surface area contributed by atoms with Crippen molar-refractivity contribution in [1.82, 2.24) is 74.4 Å². The number of benzene rings is 2. The van der Waals surface area contributed by atoms with Crippen LogP contribution in [0.25, 0.3) is 0 Å². The molecule has 2 aromatic carbocycles. The highest BCUT2D eigenvalue weighted by Crippen LogP contribution is 2.25. The first kappa shape index (κ1) is 99.5. The normalized spacial score (nSPS) is 21.9. The molecule has 14 amide bonds. The number of aliphatic imine (C=N–C) groups is 3. The molecule has 0 spiro atoms. The number of carboxylic acids is 2. The minimum absolute atomic E-state index is 0.0274. The van der Waals surface area contributed by atoms with Crippen LogP contribution < -0.4 is 115 Å². The number of hydrogen-bond donors (Lipinski definition) is 25. The van der Waals surface area contributed by atoms with Gasteiger partial charge in [-0.15, -0.1) is 0 Å². The number of hydrogen-bond acceptors (Lipinski definition) is 24. The van der Waals surface area contributed by atoms with Gasteiger partial charge in [0.2, 0.25) is 82.7 Å². The number of aliphatic hydroxyl groups excluding tert-OH is 2. The molecule has 44 nitrogen and oxygen atoms in total. The standard InChI is InChI=1S/C71H112N24O20S2/c1-6-36(3)54-66(112)90-47(29-53(100)101)62(108)86-43(22-15-25-80-70(75)76)60(106)95-55(37(4)7-2)67(113)93-50(65(111)89-46(28-40-19-12-9-13-20-40)61(107)87-44(68(114)115)23-16-26-81-71(77)78)35-117-116-34-49(92-63(109)48(33-97)91-57(103)41(72)32-96)64(110)84-38(5)56(102)88-45(27-39-17-10-8-11-18-39)58(104)83-30-51(98)82-31-52(99)85-42(59(105)94-54)21-14-24-79-69(73)74/h8-13,17-20,36-38,41-50,54-55,96-97H,6-7,14-16,21-35,72H2,1-5H3,(H,82,98)(H,83,104)(H,84,110)(H,85,99)(H,86,108)(H,87,107)(H,88,102)(H,89,111)(H,90,112)(H,91,103)(H,92,109)(H,93,113)(H,94,105)(H,95,106)(H,100,101)(H,114,115)(H4,73,74,79)(H4,75,76,80)(H4,77,78,81)/t36-,37-,38-,41-,42+,43-,44+,45+,46+,47+,48-,49+,50+,54-,55+/m0/s1. The van der Waals surface area contributed by atoms with Crippen molar-refractivity contribution in [2.24, 2.45) is 66.9 Å². The number of aliphatic hydroxyl groups is 2. The summed E-state index contributed by atoms with van der Waals surface area (Å²) in [5.74, 6) is -21.9. The molecule has 3 rings (SSSR count). The quantitative estimate of drug-likeness (QED) is 0.0137. The van der Waals surface area contributed by atoms with E-state index in [9.17, 15) is 87.5 Å². The molecule has 46 heteroatoms. The summed E-state index contributed by atoms with van der Waals surface area (Å²) >= 11 is 0. The van der Waals surface area contributed by atoms with Crippen molar-refractivity contribution >= 4 is 134 Å². The molecule has 0 radical (unpaired) electrons. The molecular weight excluding hydrogens is 1570 g/mol. The van der Waals surface area contributed by atoms with Gasteiger partial charge in [-0.1, -0.05) is 123 Å².